The van der Waals surface area contributed by atoms with E-state index in [9.17, 15) is 4.79 Å². The third kappa shape index (κ3) is 4.35. The number of ether oxygens (including phenoxy) is 1. The summed E-state index contributed by atoms with van der Waals surface area (Å²) in [5, 5.41) is 6.14. The lowest BCUT2D eigenvalue weighted by Crippen LogP contribution is -2.08. The van der Waals surface area contributed by atoms with Crippen LogP contribution < -0.4 is 5.32 Å². The molecule has 1 aromatic heterocycles. The van der Waals surface area contributed by atoms with Crippen LogP contribution in [0.25, 0.3) is 11.3 Å². The lowest BCUT2D eigenvalue weighted by Gasteiger charge is -2.02. The molecule has 2 aromatic rings. The number of rotatable bonds is 7. The summed E-state index contributed by atoms with van der Waals surface area (Å²) >= 11 is 1.58. The standard InChI is InChI=1S/C15H18N2O2S/c1-2-19-14(18)9-6-10-16-15-17-13(11-20-15)12-7-4-3-5-8-12/h3-5,7-8,11H,2,6,9-10H2,1H3,(H,16,17). The number of nitrogens with zero attached hydrogens (tertiary/aromatic N) is 1. The fraction of sp³-hybridized carbons (Fsp3) is 0.333. The van der Waals surface area contributed by atoms with Gasteiger partial charge in [-0.3, -0.25) is 4.79 Å². The number of nitrogens with one attached hydrogen (secondary N) is 1. The van der Waals surface area contributed by atoms with Gasteiger partial charge < -0.3 is 10.1 Å². The van der Waals surface area contributed by atoms with Gasteiger partial charge in [-0.25, -0.2) is 4.98 Å². The Morgan fingerprint density at radius 1 is 1.35 bits per heavy atom. The van der Waals surface area contributed by atoms with Crippen molar-refractivity contribution in [1.29, 1.82) is 0 Å². The summed E-state index contributed by atoms with van der Waals surface area (Å²) in [6, 6.07) is 10.1. The van der Waals surface area contributed by atoms with Crippen LogP contribution in [0.2, 0.25) is 0 Å². The lowest BCUT2D eigenvalue weighted by atomic mass is 10.2. The van der Waals surface area contributed by atoms with Crippen molar-refractivity contribution in [3.8, 4) is 11.3 Å². The molecule has 0 aliphatic rings. The third-order valence-electron chi connectivity index (χ3n) is 2.71. The molecule has 1 heterocycles. The molecule has 0 spiro atoms. The fourth-order valence-corrected chi connectivity index (χ4v) is 2.51. The minimum atomic E-state index is -0.140. The van der Waals surface area contributed by atoms with E-state index >= 15 is 0 Å². The molecule has 5 heteroatoms. The minimum Gasteiger partial charge on any atom is -0.466 e. The van der Waals surface area contributed by atoms with E-state index in [2.05, 4.69) is 10.3 Å². The molecule has 1 N–H and O–H groups in total. The van der Waals surface area contributed by atoms with Gasteiger partial charge in [-0.15, -0.1) is 11.3 Å². The van der Waals surface area contributed by atoms with Gasteiger partial charge in [0.2, 0.25) is 0 Å². The Hall–Kier alpha value is -1.88. The van der Waals surface area contributed by atoms with Crippen molar-refractivity contribution in [3.63, 3.8) is 0 Å². The first-order chi connectivity index (χ1) is 9.79. The van der Waals surface area contributed by atoms with Gasteiger partial charge in [0.1, 0.15) is 0 Å². The van der Waals surface area contributed by atoms with Gasteiger partial charge >= 0.3 is 5.97 Å². The molecule has 0 unspecified atom stereocenters. The molecule has 0 fully saturated rings. The second kappa shape index (κ2) is 7.65. The zero-order chi connectivity index (χ0) is 14.2. The van der Waals surface area contributed by atoms with Crippen molar-refractivity contribution in [2.45, 2.75) is 19.8 Å². The molecule has 106 valence electrons. The van der Waals surface area contributed by atoms with E-state index in [4.69, 9.17) is 4.74 Å². The van der Waals surface area contributed by atoms with Gasteiger partial charge in [-0.2, -0.15) is 0 Å². The summed E-state index contributed by atoms with van der Waals surface area (Å²) in [6.45, 7) is 2.98. The number of carbonyl (C=O) groups excluding carboxylic acids is 1. The number of esters is 1. The maximum Gasteiger partial charge on any atom is 0.305 e. The highest BCUT2D eigenvalue weighted by Crippen LogP contribution is 2.24. The molecule has 2 rings (SSSR count). The number of hydrogen-bond acceptors (Lipinski definition) is 5. The average molecular weight is 290 g/mol. The van der Waals surface area contributed by atoms with Crippen molar-refractivity contribution in [1.82, 2.24) is 4.98 Å². The van der Waals surface area contributed by atoms with E-state index in [-0.39, 0.29) is 5.97 Å². The van der Waals surface area contributed by atoms with Gasteiger partial charge in [-0.05, 0) is 13.3 Å². The van der Waals surface area contributed by atoms with Crippen LogP contribution in [-0.4, -0.2) is 24.1 Å². The number of carbonyl (C=O) groups is 1. The molecule has 0 saturated carbocycles. The molecule has 0 bridgehead atoms. The summed E-state index contributed by atoms with van der Waals surface area (Å²) in [5.74, 6) is -0.140. The van der Waals surface area contributed by atoms with E-state index < -0.39 is 0 Å². The minimum absolute atomic E-state index is 0.140. The Morgan fingerprint density at radius 2 is 2.15 bits per heavy atom. The Labute approximate surface area is 122 Å². The number of benzene rings is 1. The summed E-state index contributed by atoms with van der Waals surface area (Å²) in [4.78, 5) is 15.7. The highest BCUT2D eigenvalue weighted by atomic mass is 32.1. The molecule has 0 aliphatic carbocycles. The van der Waals surface area contributed by atoms with E-state index in [1.165, 1.54) is 0 Å². The molecular formula is C15H18N2O2S. The molecule has 0 amide bonds. The van der Waals surface area contributed by atoms with Crippen LogP contribution in [0.5, 0.6) is 0 Å². The van der Waals surface area contributed by atoms with Gasteiger partial charge in [0.05, 0.1) is 12.3 Å². The molecule has 0 atom stereocenters. The predicted molar refractivity (Wildman–Crippen MR) is 81.9 cm³/mol. The number of thiazole rings is 1. The maximum absolute atomic E-state index is 11.2. The normalized spacial score (nSPS) is 10.2. The van der Waals surface area contributed by atoms with Crippen molar-refractivity contribution >= 4 is 22.4 Å². The molecule has 4 nitrogen and oxygen atoms in total. The van der Waals surface area contributed by atoms with E-state index in [0.717, 1.165) is 29.4 Å². The van der Waals surface area contributed by atoms with E-state index in [1.54, 1.807) is 11.3 Å². The van der Waals surface area contributed by atoms with Crippen LogP contribution in [0.3, 0.4) is 0 Å². The molecular weight excluding hydrogens is 272 g/mol. The SMILES string of the molecule is CCOC(=O)CCCNc1nc(-c2ccccc2)cs1. The van der Waals surface area contributed by atoms with Crippen LogP contribution >= 0.6 is 11.3 Å². The Kier molecular flexibility index (Phi) is 5.55. The number of anilines is 1. The highest BCUT2D eigenvalue weighted by Gasteiger charge is 2.04. The summed E-state index contributed by atoms with van der Waals surface area (Å²) in [6.07, 6.45) is 1.19. The Morgan fingerprint density at radius 3 is 2.90 bits per heavy atom. The Balaban J connectivity index is 1.78. The van der Waals surface area contributed by atoms with Crippen molar-refractivity contribution < 1.29 is 9.53 Å². The van der Waals surface area contributed by atoms with E-state index in [1.807, 2.05) is 42.6 Å². The van der Waals surface area contributed by atoms with Gasteiger partial charge in [0.15, 0.2) is 5.13 Å². The van der Waals surface area contributed by atoms with Crippen LogP contribution in [0, 0.1) is 0 Å². The van der Waals surface area contributed by atoms with Crippen molar-refractivity contribution in [2.24, 2.45) is 0 Å². The van der Waals surface area contributed by atoms with Crippen LogP contribution in [-0.2, 0) is 9.53 Å². The monoisotopic (exact) mass is 290 g/mol. The summed E-state index contributed by atoms with van der Waals surface area (Å²) in [7, 11) is 0. The van der Waals surface area contributed by atoms with Crippen LogP contribution in [0.15, 0.2) is 35.7 Å². The zero-order valence-electron chi connectivity index (χ0n) is 11.5. The second-order valence-electron chi connectivity index (χ2n) is 4.24. The zero-order valence-corrected chi connectivity index (χ0v) is 12.3. The highest BCUT2D eigenvalue weighted by molar-refractivity contribution is 7.14. The first-order valence-electron chi connectivity index (χ1n) is 6.70. The molecule has 0 aliphatic heterocycles. The van der Waals surface area contributed by atoms with Crippen LogP contribution in [0.1, 0.15) is 19.8 Å². The average Bonchev–Trinajstić information content (AvgIpc) is 2.94. The number of hydrogen-bond donors (Lipinski definition) is 1. The van der Waals surface area contributed by atoms with Crippen molar-refractivity contribution in [3.05, 3.63) is 35.7 Å². The van der Waals surface area contributed by atoms with E-state index in [0.29, 0.717) is 13.0 Å². The predicted octanol–water partition coefficient (Wildman–Crippen LogP) is 3.57. The smallest absolute Gasteiger partial charge is 0.305 e. The maximum atomic E-state index is 11.2. The Bertz CT molecular complexity index is 540. The quantitative estimate of drug-likeness (QED) is 0.625. The van der Waals surface area contributed by atoms with Crippen molar-refractivity contribution in [2.75, 3.05) is 18.5 Å². The molecule has 0 saturated heterocycles. The fourth-order valence-electron chi connectivity index (χ4n) is 1.76. The molecule has 1 aromatic carbocycles. The van der Waals surface area contributed by atoms with Gasteiger partial charge in [0.25, 0.3) is 0 Å². The summed E-state index contributed by atoms with van der Waals surface area (Å²) < 4.78 is 4.88. The van der Waals surface area contributed by atoms with Crippen LogP contribution in [0.4, 0.5) is 5.13 Å². The lowest BCUT2D eigenvalue weighted by molar-refractivity contribution is -0.143. The largest absolute Gasteiger partial charge is 0.466 e. The first kappa shape index (κ1) is 14.5. The van der Waals surface area contributed by atoms with Gasteiger partial charge in [0, 0.05) is 23.9 Å². The summed E-state index contributed by atoms with van der Waals surface area (Å²) in [5.41, 5.74) is 2.09. The molecule has 0 radical (unpaired) electrons. The number of aromatic nitrogens is 1. The molecule has 20 heavy (non-hydrogen) atoms. The van der Waals surface area contributed by atoms with Gasteiger partial charge in [-0.1, -0.05) is 30.3 Å². The first-order valence-corrected chi connectivity index (χ1v) is 7.58. The second-order valence-corrected chi connectivity index (χ2v) is 5.10. The third-order valence-corrected chi connectivity index (χ3v) is 3.51. The topological polar surface area (TPSA) is 51.2 Å².